The minimum Gasteiger partial charge on any atom is -0.480 e. The number of piperidine rings is 1. The van der Waals surface area contributed by atoms with Gasteiger partial charge in [0, 0.05) is 19.1 Å². The Bertz CT molecular complexity index is 298. The number of likely N-dealkylation sites (tertiary alicyclic amines) is 1. The van der Waals surface area contributed by atoms with Crippen molar-refractivity contribution in [3.05, 3.63) is 0 Å². The number of carboxylic acid groups (broad SMARTS) is 1. The van der Waals surface area contributed by atoms with Crippen molar-refractivity contribution in [2.75, 3.05) is 13.1 Å². The molecule has 2 rings (SSSR count). The molecular weight excluding hydrogens is 216 g/mol. The van der Waals surface area contributed by atoms with Gasteiger partial charge in [0.05, 0.1) is 0 Å². The van der Waals surface area contributed by atoms with Crippen molar-refractivity contribution in [1.29, 1.82) is 0 Å². The molecule has 0 amide bonds. The van der Waals surface area contributed by atoms with Crippen molar-refractivity contribution in [2.45, 2.75) is 51.1 Å². The molecule has 4 heteroatoms. The number of nitrogens with two attached hydrogens (primary N) is 1. The van der Waals surface area contributed by atoms with E-state index in [1.807, 2.05) is 0 Å². The third-order valence-electron chi connectivity index (χ3n) is 4.36. The molecule has 1 aliphatic carbocycles. The second-order valence-corrected chi connectivity index (χ2v) is 6.26. The molecule has 3 N–H and O–H groups in total. The molecule has 17 heavy (non-hydrogen) atoms. The molecule has 0 aromatic heterocycles. The van der Waals surface area contributed by atoms with Gasteiger partial charge in [-0.2, -0.15) is 0 Å². The van der Waals surface area contributed by atoms with E-state index in [0.717, 1.165) is 31.3 Å². The monoisotopic (exact) mass is 240 g/mol. The molecule has 2 aliphatic rings. The van der Waals surface area contributed by atoms with Crippen LogP contribution in [0.1, 0.15) is 39.5 Å². The number of hydrogen-bond donors (Lipinski definition) is 2. The first kappa shape index (κ1) is 12.8. The highest BCUT2D eigenvalue weighted by Crippen LogP contribution is 2.34. The molecule has 0 aromatic carbocycles. The summed E-state index contributed by atoms with van der Waals surface area (Å²) in [4.78, 5) is 13.6. The van der Waals surface area contributed by atoms with Crippen molar-refractivity contribution in [3.8, 4) is 0 Å². The molecule has 1 heterocycles. The van der Waals surface area contributed by atoms with Crippen LogP contribution in [0, 0.1) is 11.8 Å². The van der Waals surface area contributed by atoms with E-state index in [-0.39, 0.29) is 0 Å². The third-order valence-corrected chi connectivity index (χ3v) is 4.36. The average molecular weight is 240 g/mol. The largest absolute Gasteiger partial charge is 0.480 e. The normalized spacial score (nSPS) is 43.8. The van der Waals surface area contributed by atoms with Gasteiger partial charge in [0.15, 0.2) is 0 Å². The number of rotatable bonds is 2. The van der Waals surface area contributed by atoms with E-state index in [1.54, 1.807) is 0 Å². The summed E-state index contributed by atoms with van der Waals surface area (Å²) >= 11 is 0. The van der Waals surface area contributed by atoms with Gasteiger partial charge in [0.1, 0.15) is 5.54 Å². The maximum absolute atomic E-state index is 11.1. The fourth-order valence-corrected chi connectivity index (χ4v) is 3.56. The van der Waals surface area contributed by atoms with Gasteiger partial charge in [-0.3, -0.25) is 9.69 Å². The van der Waals surface area contributed by atoms with Crippen LogP contribution < -0.4 is 5.73 Å². The maximum atomic E-state index is 11.1. The second-order valence-electron chi connectivity index (χ2n) is 6.26. The molecule has 98 valence electrons. The predicted octanol–water partition coefficient (Wildman–Crippen LogP) is 1.30. The summed E-state index contributed by atoms with van der Waals surface area (Å²) < 4.78 is 0. The summed E-state index contributed by atoms with van der Waals surface area (Å²) in [5.74, 6) is 0.603. The van der Waals surface area contributed by atoms with E-state index in [1.165, 1.54) is 6.42 Å². The van der Waals surface area contributed by atoms with Gasteiger partial charge in [0.2, 0.25) is 0 Å². The zero-order valence-corrected chi connectivity index (χ0v) is 10.9. The fraction of sp³-hybridized carbons (Fsp3) is 0.923. The second kappa shape index (κ2) is 4.58. The van der Waals surface area contributed by atoms with Crippen LogP contribution in [0.3, 0.4) is 0 Å². The Morgan fingerprint density at radius 2 is 1.94 bits per heavy atom. The van der Waals surface area contributed by atoms with Crippen molar-refractivity contribution in [3.63, 3.8) is 0 Å². The molecule has 1 aliphatic heterocycles. The Morgan fingerprint density at radius 1 is 1.35 bits per heavy atom. The summed E-state index contributed by atoms with van der Waals surface area (Å²) in [7, 11) is 0. The smallest absolute Gasteiger partial charge is 0.323 e. The maximum Gasteiger partial charge on any atom is 0.323 e. The van der Waals surface area contributed by atoms with Crippen LogP contribution in [0.4, 0.5) is 0 Å². The van der Waals surface area contributed by atoms with Gasteiger partial charge < -0.3 is 10.8 Å². The zero-order chi connectivity index (χ0) is 12.6. The van der Waals surface area contributed by atoms with Crippen LogP contribution in [0.2, 0.25) is 0 Å². The summed E-state index contributed by atoms with van der Waals surface area (Å²) in [6, 6.07) is 0.376. The Labute approximate surface area is 103 Å². The highest BCUT2D eigenvalue weighted by molar-refractivity contribution is 5.79. The van der Waals surface area contributed by atoms with Gasteiger partial charge in [-0.1, -0.05) is 13.8 Å². The molecule has 1 saturated heterocycles. The fourth-order valence-electron chi connectivity index (χ4n) is 3.56. The summed E-state index contributed by atoms with van der Waals surface area (Å²) in [5, 5.41) is 9.15. The molecule has 0 bridgehead atoms. The Hall–Kier alpha value is -0.610. The molecule has 1 saturated carbocycles. The molecule has 4 unspecified atom stereocenters. The van der Waals surface area contributed by atoms with Gasteiger partial charge in [-0.15, -0.1) is 0 Å². The van der Waals surface area contributed by atoms with E-state index in [9.17, 15) is 4.79 Å². The third kappa shape index (κ3) is 2.63. The van der Waals surface area contributed by atoms with Gasteiger partial charge in [-0.25, -0.2) is 0 Å². The van der Waals surface area contributed by atoms with E-state index >= 15 is 0 Å². The molecule has 0 radical (unpaired) electrons. The quantitative estimate of drug-likeness (QED) is 0.763. The lowest BCUT2D eigenvalue weighted by Gasteiger charge is -2.39. The van der Waals surface area contributed by atoms with Crippen molar-refractivity contribution >= 4 is 5.97 Å². The van der Waals surface area contributed by atoms with Crippen LogP contribution >= 0.6 is 0 Å². The molecule has 4 atom stereocenters. The van der Waals surface area contributed by atoms with Gasteiger partial charge in [0.25, 0.3) is 0 Å². The van der Waals surface area contributed by atoms with Crippen LogP contribution in [-0.2, 0) is 4.79 Å². The van der Waals surface area contributed by atoms with E-state index in [4.69, 9.17) is 10.8 Å². The molecule has 0 aromatic rings. The standard InChI is InChI=1S/C13H24N2O2/c1-9-5-10(2)8-15(7-9)11-3-4-13(14,6-11)12(16)17/h9-11H,3-8,14H2,1-2H3,(H,16,17). The zero-order valence-electron chi connectivity index (χ0n) is 10.9. The summed E-state index contributed by atoms with van der Waals surface area (Å²) in [5.41, 5.74) is 4.96. The minimum atomic E-state index is -0.978. The molecule has 0 spiro atoms. The average Bonchev–Trinajstić information content (AvgIpc) is 2.61. The first-order valence-corrected chi connectivity index (χ1v) is 6.67. The molecule has 2 fully saturated rings. The van der Waals surface area contributed by atoms with E-state index in [0.29, 0.717) is 18.9 Å². The Morgan fingerprint density at radius 3 is 2.41 bits per heavy atom. The lowest BCUT2D eigenvalue weighted by atomic mass is 9.90. The van der Waals surface area contributed by atoms with E-state index < -0.39 is 11.5 Å². The number of carboxylic acids is 1. The molecular formula is C13H24N2O2. The van der Waals surface area contributed by atoms with Crippen molar-refractivity contribution < 1.29 is 9.90 Å². The van der Waals surface area contributed by atoms with Crippen LogP contribution in [0.5, 0.6) is 0 Å². The number of aliphatic carboxylic acids is 1. The first-order valence-electron chi connectivity index (χ1n) is 6.67. The number of nitrogens with zero attached hydrogens (tertiary/aromatic N) is 1. The first-order chi connectivity index (χ1) is 7.90. The van der Waals surface area contributed by atoms with Crippen molar-refractivity contribution in [1.82, 2.24) is 4.90 Å². The van der Waals surface area contributed by atoms with Gasteiger partial charge in [-0.05, 0) is 37.5 Å². The lowest BCUT2D eigenvalue weighted by Crippen LogP contribution is -2.49. The summed E-state index contributed by atoms with van der Waals surface area (Å²) in [6.07, 6.45) is 3.45. The Balaban J connectivity index is 1.98. The van der Waals surface area contributed by atoms with Crippen LogP contribution in [0.25, 0.3) is 0 Å². The number of carbonyl (C=O) groups is 1. The highest BCUT2D eigenvalue weighted by Gasteiger charge is 2.44. The Kier molecular flexibility index (Phi) is 3.46. The van der Waals surface area contributed by atoms with E-state index in [2.05, 4.69) is 18.7 Å². The SMILES string of the molecule is CC1CC(C)CN(C2CCC(N)(C(=O)O)C2)C1. The topological polar surface area (TPSA) is 66.6 Å². The predicted molar refractivity (Wildman–Crippen MR) is 66.7 cm³/mol. The van der Waals surface area contributed by atoms with Crippen molar-refractivity contribution in [2.24, 2.45) is 17.6 Å². The lowest BCUT2D eigenvalue weighted by molar-refractivity contribution is -0.143. The molecule has 4 nitrogen and oxygen atoms in total. The highest BCUT2D eigenvalue weighted by atomic mass is 16.4. The number of hydrogen-bond acceptors (Lipinski definition) is 3. The van der Waals surface area contributed by atoms with Gasteiger partial charge >= 0.3 is 5.97 Å². The summed E-state index contributed by atoms with van der Waals surface area (Å²) in [6.45, 7) is 6.77. The van der Waals surface area contributed by atoms with Crippen LogP contribution in [0.15, 0.2) is 0 Å². The minimum absolute atomic E-state index is 0.376. The van der Waals surface area contributed by atoms with Crippen LogP contribution in [-0.4, -0.2) is 40.6 Å².